The normalized spacial score (nSPS) is 13.8. The number of hydrogen-bond acceptors (Lipinski definition) is 6. The number of nitrogens with two attached hydrogens (primary N) is 1. The number of unbranched alkanes of at least 4 members (excludes halogenated alkanes) is 28. The Hall–Kier alpha value is -0.850. The molecule has 0 aliphatic heterocycles. The van der Waals surface area contributed by atoms with Crippen molar-refractivity contribution in [3.63, 3.8) is 0 Å². The van der Waals surface area contributed by atoms with Crippen molar-refractivity contribution in [2.45, 2.75) is 213 Å². The molecule has 0 aliphatic rings. The molecule has 1 unspecified atom stereocenters. The van der Waals surface area contributed by atoms with Crippen molar-refractivity contribution in [2.24, 2.45) is 5.73 Å². The van der Waals surface area contributed by atoms with Gasteiger partial charge in [0.05, 0.1) is 25.7 Å². The van der Waals surface area contributed by atoms with Gasteiger partial charge in [-0.1, -0.05) is 181 Å². The Kier molecular flexibility index (Phi) is 39.2. The summed E-state index contributed by atoms with van der Waals surface area (Å²) in [5, 5.41) is 0. The first-order valence-corrected chi connectivity index (χ1v) is 22.4. The first-order valence-electron chi connectivity index (χ1n) is 20.9. The van der Waals surface area contributed by atoms with E-state index in [9.17, 15) is 9.46 Å². The standard InChI is InChI=1S/C41H82NO6P/c1-3-5-7-9-11-13-15-17-19-21-23-25-27-29-31-33-36-45-39-41(40-48-49(43,44)47-38-35-42)46-37-34-32-30-28-26-24-22-20-18-16-14-12-10-8-6-4-2/h33-34,36-37,41H,3-32,35,38-40,42H2,1-2H3,(H,43,44)/t41-/m1/s1. The van der Waals surface area contributed by atoms with Crippen LogP contribution in [0.3, 0.4) is 0 Å². The van der Waals surface area contributed by atoms with E-state index in [0.29, 0.717) is 0 Å². The zero-order valence-corrected chi connectivity index (χ0v) is 33.3. The first-order chi connectivity index (χ1) is 24.1. The molecule has 2 atom stereocenters. The molecule has 0 radical (unpaired) electrons. The van der Waals surface area contributed by atoms with Gasteiger partial charge in [0.15, 0.2) is 6.10 Å². The highest BCUT2D eigenvalue weighted by atomic mass is 31.2. The van der Waals surface area contributed by atoms with Crippen LogP contribution < -0.4 is 5.73 Å². The Balaban J connectivity index is 3.99. The van der Waals surface area contributed by atoms with Crippen LogP contribution in [0, 0.1) is 0 Å². The van der Waals surface area contributed by atoms with Gasteiger partial charge in [-0.05, 0) is 37.8 Å². The fourth-order valence-electron chi connectivity index (χ4n) is 5.96. The molecule has 49 heavy (non-hydrogen) atoms. The molecule has 0 heterocycles. The molecule has 0 saturated heterocycles. The van der Waals surface area contributed by atoms with Crippen LogP contribution in [0.5, 0.6) is 0 Å². The summed E-state index contributed by atoms with van der Waals surface area (Å²) < 4.78 is 33.6. The van der Waals surface area contributed by atoms with Crippen molar-refractivity contribution < 1.29 is 28.0 Å². The maximum Gasteiger partial charge on any atom is 0.472 e. The Bertz CT molecular complexity index is 750. The van der Waals surface area contributed by atoms with Gasteiger partial charge < -0.3 is 20.1 Å². The van der Waals surface area contributed by atoms with Crippen molar-refractivity contribution in [2.75, 3.05) is 26.4 Å². The molecule has 7 nitrogen and oxygen atoms in total. The van der Waals surface area contributed by atoms with Crippen LogP contribution in [0.25, 0.3) is 0 Å². The highest BCUT2D eigenvalue weighted by Gasteiger charge is 2.23. The van der Waals surface area contributed by atoms with Gasteiger partial charge in [0.2, 0.25) is 0 Å². The van der Waals surface area contributed by atoms with Gasteiger partial charge in [-0.15, -0.1) is 0 Å². The molecule has 0 bridgehead atoms. The van der Waals surface area contributed by atoms with Crippen molar-refractivity contribution in [3.05, 3.63) is 24.7 Å². The Morgan fingerprint density at radius 1 is 0.531 bits per heavy atom. The number of rotatable bonds is 41. The van der Waals surface area contributed by atoms with E-state index < -0.39 is 13.9 Å². The molecular formula is C41H82NO6P. The number of phosphoric ester groups is 1. The van der Waals surface area contributed by atoms with Crippen LogP contribution in [0.1, 0.15) is 206 Å². The van der Waals surface area contributed by atoms with Gasteiger partial charge in [-0.2, -0.15) is 0 Å². The molecule has 0 amide bonds. The van der Waals surface area contributed by atoms with E-state index in [4.69, 9.17) is 24.3 Å². The third kappa shape index (κ3) is 39.8. The van der Waals surface area contributed by atoms with Crippen LogP contribution in [0.15, 0.2) is 24.7 Å². The van der Waals surface area contributed by atoms with Gasteiger partial charge >= 0.3 is 7.82 Å². The van der Waals surface area contributed by atoms with Crippen molar-refractivity contribution in [3.8, 4) is 0 Å². The molecule has 0 aliphatic carbocycles. The summed E-state index contributed by atoms with van der Waals surface area (Å²) in [7, 11) is -4.18. The van der Waals surface area contributed by atoms with E-state index in [2.05, 4.69) is 13.8 Å². The van der Waals surface area contributed by atoms with E-state index in [1.807, 2.05) is 12.2 Å². The fraction of sp³-hybridized carbons (Fsp3) is 0.902. The molecular weight excluding hydrogens is 633 g/mol. The zero-order valence-electron chi connectivity index (χ0n) is 32.4. The van der Waals surface area contributed by atoms with Crippen molar-refractivity contribution in [1.82, 2.24) is 0 Å². The lowest BCUT2D eigenvalue weighted by molar-refractivity contribution is 0.0206. The van der Waals surface area contributed by atoms with E-state index in [0.717, 1.165) is 25.7 Å². The van der Waals surface area contributed by atoms with Crippen LogP contribution >= 0.6 is 7.82 Å². The lowest BCUT2D eigenvalue weighted by Gasteiger charge is -2.18. The minimum absolute atomic E-state index is 0.0448. The molecule has 0 aromatic heterocycles. The molecule has 3 N–H and O–H groups in total. The summed E-state index contributed by atoms with van der Waals surface area (Å²) in [6.45, 7) is 4.75. The summed E-state index contributed by atoms with van der Waals surface area (Å²) in [5.41, 5.74) is 5.38. The lowest BCUT2D eigenvalue weighted by atomic mass is 10.0. The second-order valence-corrected chi connectivity index (χ2v) is 15.4. The number of phosphoric acid groups is 1. The molecule has 0 fully saturated rings. The smallest absolute Gasteiger partial charge is 0.472 e. The predicted octanol–water partition coefficient (Wildman–Crippen LogP) is 13.3. The molecule has 8 heteroatoms. The van der Waals surface area contributed by atoms with Gasteiger partial charge in [-0.25, -0.2) is 4.57 Å². The van der Waals surface area contributed by atoms with Crippen LogP contribution in [-0.4, -0.2) is 37.4 Å². The largest absolute Gasteiger partial charge is 0.498 e. The molecule has 0 spiro atoms. The third-order valence-corrected chi connectivity index (χ3v) is 10.1. The third-order valence-electron chi connectivity index (χ3n) is 9.09. The Labute approximate surface area is 304 Å². The molecule has 0 aromatic carbocycles. The zero-order chi connectivity index (χ0) is 35.8. The van der Waals surface area contributed by atoms with E-state index in [1.165, 1.54) is 167 Å². The maximum atomic E-state index is 12.1. The first kappa shape index (κ1) is 48.1. The SMILES string of the molecule is CCCCCCCCCCCCCCCCC=COC[C@H](COP(=O)(O)OCCN)OC=CCCCCCCCCCCCCCCCC. The van der Waals surface area contributed by atoms with Gasteiger partial charge in [-0.3, -0.25) is 9.05 Å². The van der Waals surface area contributed by atoms with E-state index >= 15 is 0 Å². The van der Waals surface area contributed by atoms with Crippen LogP contribution in [0.2, 0.25) is 0 Å². The number of ether oxygens (including phenoxy) is 2. The second-order valence-electron chi connectivity index (χ2n) is 14.0. The highest BCUT2D eigenvalue weighted by Crippen LogP contribution is 2.43. The van der Waals surface area contributed by atoms with Crippen molar-refractivity contribution in [1.29, 1.82) is 0 Å². The quantitative estimate of drug-likeness (QED) is 0.0369. The van der Waals surface area contributed by atoms with Crippen molar-refractivity contribution >= 4 is 7.82 Å². The summed E-state index contributed by atoms with van der Waals surface area (Å²) in [6.07, 6.45) is 46.7. The topological polar surface area (TPSA) is 100 Å². The maximum absolute atomic E-state index is 12.1. The molecule has 292 valence electrons. The average Bonchev–Trinajstić information content (AvgIpc) is 3.10. The molecule has 0 aromatic rings. The molecule has 0 saturated carbocycles. The highest BCUT2D eigenvalue weighted by molar-refractivity contribution is 7.47. The second kappa shape index (κ2) is 39.9. The minimum Gasteiger partial charge on any atom is -0.498 e. The Morgan fingerprint density at radius 2 is 0.898 bits per heavy atom. The van der Waals surface area contributed by atoms with Gasteiger partial charge in [0, 0.05) is 6.54 Å². The lowest BCUT2D eigenvalue weighted by Crippen LogP contribution is -2.23. The fourth-order valence-corrected chi connectivity index (χ4v) is 6.72. The predicted molar refractivity (Wildman–Crippen MR) is 210 cm³/mol. The monoisotopic (exact) mass is 716 g/mol. The number of allylic oxidation sites excluding steroid dienone is 2. The minimum atomic E-state index is -4.18. The van der Waals surface area contributed by atoms with Gasteiger partial charge in [0.1, 0.15) is 6.61 Å². The summed E-state index contributed by atoms with van der Waals surface area (Å²) in [5.74, 6) is 0. The van der Waals surface area contributed by atoms with Crippen LogP contribution in [0.4, 0.5) is 0 Å². The summed E-state index contributed by atoms with van der Waals surface area (Å²) in [4.78, 5) is 9.87. The summed E-state index contributed by atoms with van der Waals surface area (Å²) in [6, 6.07) is 0. The van der Waals surface area contributed by atoms with Gasteiger partial charge in [0.25, 0.3) is 0 Å². The van der Waals surface area contributed by atoms with E-state index in [-0.39, 0.29) is 26.4 Å². The van der Waals surface area contributed by atoms with E-state index in [1.54, 1.807) is 12.5 Å². The van der Waals surface area contributed by atoms with Crippen LogP contribution in [-0.2, 0) is 23.1 Å². The Morgan fingerprint density at radius 3 is 1.29 bits per heavy atom. The molecule has 0 rings (SSSR count). The number of hydrogen-bond donors (Lipinski definition) is 2. The summed E-state index contributed by atoms with van der Waals surface area (Å²) >= 11 is 0. The average molecular weight is 716 g/mol.